The predicted molar refractivity (Wildman–Crippen MR) is 114 cm³/mol. The summed E-state index contributed by atoms with van der Waals surface area (Å²) in [4.78, 5) is 18.9. The third kappa shape index (κ3) is 3.31. The maximum Gasteiger partial charge on any atom is 0.224 e. The number of piperidine rings is 1. The Kier molecular flexibility index (Phi) is 4.39. The van der Waals surface area contributed by atoms with Crippen molar-refractivity contribution in [2.24, 2.45) is 0 Å². The Hall–Kier alpha value is -3.07. The number of alkyl halides is 1. The number of imidazole rings is 1. The number of anilines is 1. The molecule has 0 aliphatic carbocycles. The van der Waals surface area contributed by atoms with Crippen LogP contribution in [-0.4, -0.2) is 60.6 Å². The van der Waals surface area contributed by atoms with E-state index in [9.17, 15) is 4.39 Å². The molecule has 8 nitrogen and oxygen atoms in total. The number of hydrogen-bond donors (Lipinski definition) is 2. The second kappa shape index (κ2) is 7.07. The molecule has 2 N–H and O–H groups in total. The molecule has 1 fully saturated rings. The first-order valence-corrected chi connectivity index (χ1v) is 9.87. The van der Waals surface area contributed by atoms with E-state index in [1.54, 1.807) is 4.52 Å². The molecule has 0 spiro atoms. The van der Waals surface area contributed by atoms with Crippen LogP contribution in [0.4, 0.5) is 10.3 Å². The van der Waals surface area contributed by atoms with E-state index in [2.05, 4.69) is 42.3 Å². The fraction of sp³-hybridized carbons (Fsp3) is 0.400. The summed E-state index contributed by atoms with van der Waals surface area (Å²) in [6.45, 7) is 3.64. The minimum absolute atomic E-state index is 0. The van der Waals surface area contributed by atoms with Crippen molar-refractivity contribution in [1.29, 1.82) is 0 Å². The van der Waals surface area contributed by atoms with E-state index in [4.69, 9.17) is 0 Å². The molecule has 0 saturated carbocycles. The third-order valence-corrected chi connectivity index (χ3v) is 5.56. The average molecular weight is 398 g/mol. The van der Waals surface area contributed by atoms with E-state index in [1.807, 2.05) is 24.5 Å². The van der Waals surface area contributed by atoms with Gasteiger partial charge in [-0.3, -0.25) is 0 Å². The Morgan fingerprint density at radius 2 is 2.07 bits per heavy atom. The van der Waals surface area contributed by atoms with Gasteiger partial charge in [-0.1, -0.05) is 0 Å². The number of nitrogens with zero attached hydrogens (tertiary/aromatic N) is 6. The normalized spacial score (nSPS) is 17.2. The van der Waals surface area contributed by atoms with Crippen molar-refractivity contribution < 1.29 is 7.24 Å². The molecule has 0 amide bonds. The smallest absolute Gasteiger partial charge is 0.224 e. The highest BCUT2D eigenvalue weighted by Gasteiger charge is 2.18. The van der Waals surface area contributed by atoms with Crippen LogP contribution in [0.1, 0.15) is 34.5 Å². The summed E-state index contributed by atoms with van der Waals surface area (Å²) in [6, 6.07) is 4.11. The standard InChI is InChI=1S/C20H23FN8.2H2/c1-12(21)17-11-22-18-4-3-16(27-29(17)18)14-9-23-19-15(14)10-24-20(26-19)25-13-5-7-28(2)8-6-13;;/h3-4,9-13H,5-8H2,1-2H3,(H2,23,24,25,26);2*1H. The molecule has 0 radical (unpaired) electrons. The van der Waals surface area contributed by atoms with Crippen molar-refractivity contribution in [3.63, 3.8) is 0 Å². The van der Waals surface area contributed by atoms with Gasteiger partial charge in [0, 0.05) is 32.2 Å². The molecule has 0 aromatic carbocycles. The SMILES string of the molecule is CC(F)c1cnc2ccc(-c3c[nH]c4nc(NC5CCN(C)CC5)ncc34)nn12.[HH].[HH]. The molecule has 154 valence electrons. The number of nitrogens with one attached hydrogen (secondary N) is 2. The monoisotopic (exact) mass is 398 g/mol. The molecule has 4 aromatic rings. The Morgan fingerprint density at radius 3 is 2.86 bits per heavy atom. The lowest BCUT2D eigenvalue weighted by atomic mass is 10.1. The van der Waals surface area contributed by atoms with Gasteiger partial charge < -0.3 is 15.2 Å². The van der Waals surface area contributed by atoms with Gasteiger partial charge in [0.05, 0.1) is 17.6 Å². The second-order valence-corrected chi connectivity index (χ2v) is 7.67. The Labute approximate surface area is 170 Å². The van der Waals surface area contributed by atoms with Gasteiger partial charge in [-0.2, -0.15) is 10.1 Å². The maximum atomic E-state index is 13.8. The quantitative estimate of drug-likeness (QED) is 0.545. The molecule has 9 heteroatoms. The zero-order valence-electron chi connectivity index (χ0n) is 16.4. The number of H-pyrrole nitrogens is 1. The van der Waals surface area contributed by atoms with E-state index in [0.717, 1.165) is 42.5 Å². The summed E-state index contributed by atoms with van der Waals surface area (Å²) in [5, 5.41) is 8.91. The lowest BCUT2D eigenvalue weighted by molar-refractivity contribution is 0.263. The lowest BCUT2D eigenvalue weighted by Crippen LogP contribution is -2.37. The van der Waals surface area contributed by atoms with Gasteiger partial charge >= 0.3 is 0 Å². The van der Waals surface area contributed by atoms with Crippen LogP contribution in [0.5, 0.6) is 0 Å². The van der Waals surface area contributed by atoms with Gasteiger partial charge in [-0.15, -0.1) is 0 Å². The summed E-state index contributed by atoms with van der Waals surface area (Å²) >= 11 is 0. The Balaban J connectivity index is 0.00000136. The fourth-order valence-electron chi connectivity index (χ4n) is 3.83. The molecular formula is C20H27FN8. The van der Waals surface area contributed by atoms with Crippen LogP contribution >= 0.6 is 0 Å². The number of hydrogen-bond acceptors (Lipinski definition) is 6. The molecule has 0 bridgehead atoms. The molecule has 5 rings (SSSR count). The van der Waals surface area contributed by atoms with E-state index in [1.165, 1.54) is 13.1 Å². The number of rotatable bonds is 4. The average Bonchev–Trinajstić information content (AvgIpc) is 3.33. The lowest BCUT2D eigenvalue weighted by Gasteiger charge is -2.29. The van der Waals surface area contributed by atoms with E-state index in [0.29, 0.717) is 29.0 Å². The second-order valence-electron chi connectivity index (χ2n) is 7.67. The highest BCUT2D eigenvalue weighted by molar-refractivity contribution is 5.92. The topological polar surface area (TPSA) is 87.0 Å². The van der Waals surface area contributed by atoms with Crippen molar-refractivity contribution in [3.8, 4) is 11.3 Å². The number of fused-ring (bicyclic) bond motifs is 2. The van der Waals surface area contributed by atoms with Gasteiger partial charge in [-0.25, -0.2) is 18.9 Å². The number of likely N-dealkylation sites (tertiary alicyclic amines) is 1. The molecule has 29 heavy (non-hydrogen) atoms. The summed E-state index contributed by atoms with van der Waals surface area (Å²) in [5.74, 6) is 0.631. The summed E-state index contributed by atoms with van der Waals surface area (Å²) in [6.07, 6.45) is 6.21. The fourth-order valence-corrected chi connectivity index (χ4v) is 3.83. The summed E-state index contributed by atoms with van der Waals surface area (Å²) in [7, 11) is 2.14. The van der Waals surface area contributed by atoms with Crippen molar-refractivity contribution in [1.82, 2.24) is 34.4 Å². The number of aromatic nitrogens is 6. The molecule has 4 aromatic heterocycles. The summed E-state index contributed by atoms with van der Waals surface area (Å²) < 4.78 is 15.4. The first-order valence-electron chi connectivity index (χ1n) is 9.87. The highest BCUT2D eigenvalue weighted by Crippen LogP contribution is 2.28. The van der Waals surface area contributed by atoms with E-state index >= 15 is 0 Å². The molecule has 1 atom stereocenters. The van der Waals surface area contributed by atoms with Gasteiger partial charge in [0.1, 0.15) is 11.8 Å². The zero-order valence-corrected chi connectivity index (χ0v) is 16.4. The maximum absolute atomic E-state index is 13.8. The largest absolute Gasteiger partial charge is 0.351 e. The molecular weight excluding hydrogens is 371 g/mol. The minimum Gasteiger partial charge on any atom is -0.351 e. The summed E-state index contributed by atoms with van der Waals surface area (Å²) in [5.41, 5.74) is 3.38. The Morgan fingerprint density at radius 1 is 1.24 bits per heavy atom. The van der Waals surface area contributed by atoms with Gasteiger partial charge in [0.2, 0.25) is 5.95 Å². The molecule has 1 saturated heterocycles. The molecule has 1 unspecified atom stereocenters. The molecule has 5 heterocycles. The zero-order chi connectivity index (χ0) is 20.0. The highest BCUT2D eigenvalue weighted by atomic mass is 19.1. The van der Waals surface area contributed by atoms with Crippen molar-refractivity contribution >= 4 is 22.6 Å². The van der Waals surface area contributed by atoms with Crippen LogP contribution in [0.25, 0.3) is 27.9 Å². The van der Waals surface area contributed by atoms with Crippen LogP contribution in [0, 0.1) is 0 Å². The van der Waals surface area contributed by atoms with Crippen molar-refractivity contribution in [2.45, 2.75) is 32.0 Å². The van der Waals surface area contributed by atoms with Crippen LogP contribution in [0.2, 0.25) is 0 Å². The van der Waals surface area contributed by atoms with Crippen molar-refractivity contribution in [3.05, 3.63) is 36.4 Å². The minimum atomic E-state index is -1.15. The first-order chi connectivity index (χ1) is 14.1. The van der Waals surface area contributed by atoms with Crippen LogP contribution in [0.3, 0.4) is 0 Å². The number of halogens is 1. The predicted octanol–water partition coefficient (Wildman–Crippen LogP) is 3.70. The van der Waals surface area contributed by atoms with Gasteiger partial charge in [0.15, 0.2) is 5.65 Å². The first kappa shape index (κ1) is 18.0. The Bertz CT molecular complexity index is 1170. The van der Waals surface area contributed by atoms with Crippen LogP contribution < -0.4 is 5.32 Å². The third-order valence-electron chi connectivity index (χ3n) is 5.56. The van der Waals surface area contributed by atoms with Gasteiger partial charge in [-0.05, 0) is 52.0 Å². The van der Waals surface area contributed by atoms with E-state index in [-0.39, 0.29) is 2.85 Å². The van der Waals surface area contributed by atoms with Crippen molar-refractivity contribution in [2.75, 3.05) is 25.5 Å². The van der Waals surface area contributed by atoms with Crippen LogP contribution in [-0.2, 0) is 0 Å². The van der Waals surface area contributed by atoms with E-state index < -0.39 is 6.17 Å². The van der Waals surface area contributed by atoms with Gasteiger partial charge in [0.25, 0.3) is 0 Å². The molecule has 1 aliphatic rings. The van der Waals surface area contributed by atoms with Crippen LogP contribution in [0.15, 0.2) is 30.7 Å². The number of aromatic amines is 1. The molecule has 1 aliphatic heterocycles.